The molecule has 3 N–H and O–H groups in total. The number of hydrogen-bond acceptors (Lipinski definition) is 7. The number of aliphatic hydroxyl groups is 2. The molecule has 1 aliphatic rings. The second kappa shape index (κ2) is 13.6. The van der Waals surface area contributed by atoms with Gasteiger partial charge in [0, 0.05) is 30.5 Å². The maximum atomic E-state index is 14.2. The molecule has 1 aromatic heterocycles. The van der Waals surface area contributed by atoms with E-state index < -0.39 is 35.9 Å². The van der Waals surface area contributed by atoms with Crippen molar-refractivity contribution < 1.29 is 38.1 Å². The molecule has 224 valence electrons. The molecule has 3 aromatic carbocycles. The Bertz CT molecular complexity index is 1640. The first-order valence-corrected chi connectivity index (χ1v) is 14.7. The average molecular weight is 701 g/mol. The van der Waals surface area contributed by atoms with E-state index in [9.17, 15) is 24.2 Å². The van der Waals surface area contributed by atoms with E-state index in [1.165, 1.54) is 24.1 Å². The van der Waals surface area contributed by atoms with Crippen LogP contribution in [0.1, 0.15) is 22.5 Å². The van der Waals surface area contributed by atoms with Crippen LogP contribution in [0, 0.1) is 9.39 Å². The summed E-state index contributed by atoms with van der Waals surface area (Å²) in [4.78, 5) is 28.7. The summed E-state index contributed by atoms with van der Waals surface area (Å²) < 4.78 is 32.1. The molecule has 11 heteroatoms. The smallest absolute Gasteiger partial charge is 0.290 e. The monoisotopic (exact) mass is 700 g/mol. The zero-order valence-electron chi connectivity index (χ0n) is 23.2. The van der Waals surface area contributed by atoms with E-state index in [0.29, 0.717) is 28.0 Å². The van der Waals surface area contributed by atoms with Gasteiger partial charge in [-0.1, -0.05) is 36.4 Å². The number of methoxy groups -OCH3 is 1. The normalized spacial score (nSPS) is 18.2. The fraction of sp³-hybridized carbons (Fsp3) is 0.250. The fourth-order valence-electron chi connectivity index (χ4n) is 5.04. The van der Waals surface area contributed by atoms with Crippen molar-refractivity contribution in [2.45, 2.75) is 31.2 Å². The summed E-state index contributed by atoms with van der Waals surface area (Å²) in [6, 6.07) is 18.9. The van der Waals surface area contributed by atoms with Crippen molar-refractivity contribution in [3.63, 3.8) is 0 Å². The zero-order chi connectivity index (χ0) is 30.5. The summed E-state index contributed by atoms with van der Waals surface area (Å²) in [7, 11) is 1.50. The predicted molar refractivity (Wildman–Crippen MR) is 165 cm³/mol. The number of carbonyl (C=O) groups excluding carboxylic acids is 2. The van der Waals surface area contributed by atoms with E-state index in [1.54, 1.807) is 54.6 Å². The van der Waals surface area contributed by atoms with Crippen molar-refractivity contribution >= 4 is 45.4 Å². The Labute approximate surface area is 261 Å². The Morgan fingerprint density at radius 3 is 2.56 bits per heavy atom. The van der Waals surface area contributed by atoms with Gasteiger partial charge >= 0.3 is 0 Å². The van der Waals surface area contributed by atoms with Crippen LogP contribution in [0.15, 0.2) is 88.9 Å². The van der Waals surface area contributed by atoms with Gasteiger partial charge in [-0.3, -0.25) is 9.59 Å². The van der Waals surface area contributed by atoms with Crippen LogP contribution in [0.4, 0.5) is 4.39 Å². The predicted octanol–water partition coefficient (Wildman–Crippen LogP) is 4.44. The minimum atomic E-state index is -1.26. The highest BCUT2D eigenvalue weighted by Crippen LogP contribution is 2.33. The van der Waals surface area contributed by atoms with Gasteiger partial charge in [-0.05, 0) is 70.6 Å². The Hall–Kier alpha value is -3.94. The molecule has 1 heterocycles. The minimum absolute atomic E-state index is 0.00437. The summed E-state index contributed by atoms with van der Waals surface area (Å²) in [6.45, 7) is -0.238. The van der Waals surface area contributed by atoms with Crippen LogP contribution < -0.4 is 14.8 Å². The zero-order valence-corrected chi connectivity index (χ0v) is 25.4. The molecule has 2 amide bonds. The van der Waals surface area contributed by atoms with Crippen LogP contribution in [0.5, 0.6) is 11.5 Å². The van der Waals surface area contributed by atoms with Gasteiger partial charge < -0.3 is 34.3 Å². The molecule has 3 unspecified atom stereocenters. The summed E-state index contributed by atoms with van der Waals surface area (Å²) in [5.74, 6) is -0.470. The molecular weight excluding hydrogens is 670 g/mol. The molecule has 4 aromatic rings. The van der Waals surface area contributed by atoms with Crippen LogP contribution in [0.3, 0.4) is 0 Å². The van der Waals surface area contributed by atoms with Gasteiger partial charge in [-0.25, -0.2) is 4.39 Å². The lowest BCUT2D eigenvalue weighted by Crippen LogP contribution is -2.54. The number of benzene rings is 3. The van der Waals surface area contributed by atoms with Gasteiger partial charge in [0.2, 0.25) is 5.91 Å². The largest absolute Gasteiger partial charge is 0.493 e. The first kappa shape index (κ1) is 30.5. The molecule has 0 bridgehead atoms. The number of nitrogens with zero attached hydrogens (tertiary/aromatic N) is 1. The quantitative estimate of drug-likeness (QED) is 0.209. The molecular formula is C32H30FIN2O7. The van der Waals surface area contributed by atoms with Gasteiger partial charge in [-0.2, -0.15) is 0 Å². The third-order valence-corrected chi connectivity index (χ3v) is 8.07. The standard InChI is InChI=1S/C32H30FIN2O7/c1-41-26-8-4-5-20-16-28(43-30(20)26)32(40)36(18-19-9-11-22(33)12-10-19)24-15-21(31(39)35-13-14-37)17-27(29(24)38)42-25-7-3-2-6-23(25)34/h2-12,16-17,24,27,29,37-38H,13-15,18H2,1H3,(H,35,39). The molecule has 0 radical (unpaired) electrons. The van der Waals surface area contributed by atoms with E-state index in [4.69, 9.17) is 13.9 Å². The van der Waals surface area contributed by atoms with Crippen LogP contribution in [0.25, 0.3) is 11.0 Å². The topological polar surface area (TPSA) is 121 Å². The highest BCUT2D eigenvalue weighted by molar-refractivity contribution is 14.1. The maximum Gasteiger partial charge on any atom is 0.290 e. The Balaban J connectivity index is 1.56. The van der Waals surface area contributed by atoms with Crippen molar-refractivity contribution in [3.8, 4) is 11.5 Å². The highest BCUT2D eigenvalue weighted by atomic mass is 127. The van der Waals surface area contributed by atoms with Crippen molar-refractivity contribution in [3.05, 3.63) is 105 Å². The number of amides is 2. The number of aliphatic hydroxyl groups excluding tert-OH is 2. The second-order valence-corrected chi connectivity index (χ2v) is 11.2. The third-order valence-electron chi connectivity index (χ3n) is 7.18. The van der Waals surface area contributed by atoms with Crippen LogP contribution in [0.2, 0.25) is 0 Å². The molecule has 43 heavy (non-hydrogen) atoms. The summed E-state index contributed by atoms with van der Waals surface area (Å²) in [6.07, 6.45) is -0.720. The number of para-hydroxylation sites is 2. The van der Waals surface area contributed by atoms with Crippen molar-refractivity contribution in [1.82, 2.24) is 10.2 Å². The molecule has 0 spiro atoms. The molecule has 0 aliphatic heterocycles. The van der Waals surface area contributed by atoms with E-state index in [0.717, 1.165) is 3.57 Å². The number of fused-ring (bicyclic) bond motifs is 1. The number of hydrogen-bond donors (Lipinski definition) is 3. The Morgan fingerprint density at radius 2 is 1.84 bits per heavy atom. The summed E-state index contributed by atoms with van der Waals surface area (Å²) in [5.41, 5.74) is 1.28. The molecule has 0 saturated carbocycles. The molecule has 5 rings (SSSR count). The van der Waals surface area contributed by atoms with E-state index >= 15 is 0 Å². The lowest BCUT2D eigenvalue weighted by molar-refractivity contribution is -0.118. The Kier molecular flexibility index (Phi) is 9.63. The number of furan rings is 1. The van der Waals surface area contributed by atoms with Crippen LogP contribution in [-0.4, -0.2) is 65.4 Å². The molecule has 3 atom stereocenters. The van der Waals surface area contributed by atoms with Crippen LogP contribution in [-0.2, 0) is 11.3 Å². The van der Waals surface area contributed by atoms with Crippen LogP contribution >= 0.6 is 22.6 Å². The van der Waals surface area contributed by atoms with Gasteiger partial charge in [0.05, 0.1) is 23.3 Å². The number of halogens is 2. The minimum Gasteiger partial charge on any atom is -0.493 e. The lowest BCUT2D eigenvalue weighted by Gasteiger charge is -2.40. The van der Waals surface area contributed by atoms with Gasteiger partial charge in [0.1, 0.15) is 23.8 Å². The molecule has 1 aliphatic carbocycles. The highest BCUT2D eigenvalue weighted by Gasteiger charge is 2.41. The van der Waals surface area contributed by atoms with Crippen molar-refractivity contribution in [2.75, 3.05) is 20.3 Å². The number of carbonyl (C=O) groups is 2. The molecule has 0 fully saturated rings. The number of ether oxygens (including phenoxy) is 2. The second-order valence-electron chi connectivity index (χ2n) is 10.00. The maximum absolute atomic E-state index is 14.2. The van der Waals surface area contributed by atoms with Gasteiger partial charge in [0.25, 0.3) is 5.91 Å². The summed E-state index contributed by atoms with van der Waals surface area (Å²) in [5, 5.41) is 24.3. The van der Waals surface area contributed by atoms with Gasteiger partial charge in [-0.15, -0.1) is 0 Å². The van der Waals surface area contributed by atoms with E-state index in [2.05, 4.69) is 27.9 Å². The molecule has 9 nitrogen and oxygen atoms in total. The summed E-state index contributed by atoms with van der Waals surface area (Å²) >= 11 is 2.12. The van der Waals surface area contributed by atoms with E-state index in [-0.39, 0.29) is 37.5 Å². The lowest BCUT2D eigenvalue weighted by atomic mass is 9.87. The SMILES string of the molecule is COc1cccc2cc(C(=O)N(Cc3ccc(F)cc3)C3CC(C(=O)NCCO)=CC(Oc4ccccc4I)C3O)oc12. The first-order chi connectivity index (χ1) is 20.8. The number of rotatable bonds is 10. The van der Waals surface area contributed by atoms with E-state index in [1.807, 2.05) is 12.1 Å². The molecule has 0 saturated heterocycles. The van der Waals surface area contributed by atoms with Crippen molar-refractivity contribution in [1.29, 1.82) is 0 Å². The Morgan fingerprint density at radius 1 is 1.09 bits per heavy atom. The van der Waals surface area contributed by atoms with Gasteiger partial charge in [0.15, 0.2) is 17.1 Å². The van der Waals surface area contributed by atoms with Crippen molar-refractivity contribution in [2.24, 2.45) is 0 Å². The average Bonchev–Trinajstić information content (AvgIpc) is 3.46. The number of nitrogens with one attached hydrogen (secondary N) is 1. The fourth-order valence-corrected chi connectivity index (χ4v) is 5.55. The first-order valence-electron chi connectivity index (χ1n) is 13.6. The third kappa shape index (κ3) is 6.84.